The van der Waals surface area contributed by atoms with Crippen molar-refractivity contribution in [1.82, 2.24) is 0 Å². The van der Waals surface area contributed by atoms with E-state index in [2.05, 4.69) is 12.7 Å². The average molecular weight is 339 g/mol. The summed E-state index contributed by atoms with van der Waals surface area (Å²) in [7, 11) is 0. The van der Waals surface area contributed by atoms with Crippen LogP contribution in [0.2, 0.25) is 0 Å². The van der Waals surface area contributed by atoms with Gasteiger partial charge in [-0.25, -0.2) is 0 Å². The van der Waals surface area contributed by atoms with E-state index >= 15 is 0 Å². The van der Waals surface area contributed by atoms with Gasteiger partial charge in [0.2, 0.25) is 0 Å². The fourth-order valence-electron chi connectivity index (χ4n) is 2.71. The topological polar surface area (TPSA) is 40.5 Å². The van der Waals surface area contributed by atoms with Gasteiger partial charge in [0.1, 0.15) is 11.5 Å². The minimum atomic E-state index is 0.233. The molecule has 0 heterocycles. The van der Waals surface area contributed by atoms with E-state index in [1.165, 1.54) is 5.57 Å². The van der Waals surface area contributed by atoms with Crippen LogP contribution in [0.5, 0.6) is 11.5 Å². The first-order chi connectivity index (χ1) is 11.6. The van der Waals surface area contributed by atoms with Gasteiger partial charge < -0.3 is 10.2 Å². The van der Waals surface area contributed by atoms with Gasteiger partial charge in [0.15, 0.2) is 0 Å². The van der Waals surface area contributed by atoms with Crippen molar-refractivity contribution < 1.29 is 10.2 Å². The number of allylic oxidation sites excluding steroid dienone is 4. The van der Waals surface area contributed by atoms with Crippen LogP contribution in [0, 0.1) is 0 Å². The predicted molar refractivity (Wildman–Crippen MR) is 99.4 cm³/mol. The molecule has 0 spiro atoms. The van der Waals surface area contributed by atoms with Gasteiger partial charge in [0, 0.05) is 5.88 Å². The maximum atomic E-state index is 9.58. The summed E-state index contributed by atoms with van der Waals surface area (Å²) in [5.74, 6) is 0.985. The molecule has 0 amide bonds. The van der Waals surface area contributed by atoms with Crippen molar-refractivity contribution in [3.63, 3.8) is 0 Å². The Hall–Kier alpha value is -2.45. The Bertz CT molecular complexity index is 764. The molecule has 2 N–H and O–H groups in total. The summed E-state index contributed by atoms with van der Waals surface area (Å²) in [5.41, 5.74) is 6.62. The van der Waals surface area contributed by atoms with Crippen molar-refractivity contribution >= 4 is 17.2 Å². The van der Waals surface area contributed by atoms with Gasteiger partial charge in [-0.15, -0.1) is 11.6 Å². The standard InChI is InChI=1S/C21H19ClO2/c1-14-12-18(14)13-17(10-11-22)21(15-2-6-19(23)7-3-15)16-4-8-20(24)9-5-16/h2-9,13,23-24H,1,10-12H2/b18-13-. The molecule has 2 aromatic rings. The highest BCUT2D eigenvalue weighted by Crippen LogP contribution is 2.39. The Kier molecular flexibility index (Phi) is 4.77. The highest BCUT2D eigenvalue weighted by Gasteiger charge is 2.20. The van der Waals surface area contributed by atoms with Gasteiger partial charge in [0.25, 0.3) is 0 Å². The molecule has 0 bridgehead atoms. The molecule has 2 nitrogen and oxygen atoms in total. The number of phenols is 2. The zero-order valence-corrected chi connectivity index (χ0v) is 14.1. The fraction of sp³-hybridized carbons (Fsp3) is 0.143. The predicted octanol–water partition coefficient (Wildman–Crippen LogP) is 5.41. The van der Waals surface area contributed by atoms with Gasteiger partial charge in [-0.05, 0) is 70.5 Å². The van der Waals surface area contributed by atoms with E-state index in [1.54, 1.807) is 24.3 Å². The Balaban J connectivity index is 2.18. The molecule has 3 rings (SSSR count). The van der Waals surface area contributed by atoms with Gasteiger partial charge in [0.05, 0.1) is 0 Å². The number of halogens is 1. The molecule has 0 radical (unpaired) electrons. The van der Waals surface area contributed by atoms with Crippen LogP contribution in [-0.4, -0.2) is 16.1 Å². The number of benzene rings is 2. The first kappa shape index (κ1) is 16.4. The summed E-state index contributed by atoms with van der Waals surface area (Å²) in [4.78, 5) is 0. The molecule has 1 aliphatic rings. The highest BCUT2D eigenvalue weighted by molar-refractivity contribution is 6.18. The molecule has 0 atom stereocenters. The zero-order chi connectivity index (χ0) is 17.1. The summed E-state index contributed by atoms with van der Waals surface area (Å²) in [6.07, 6.45) is 3.85. The number of hydrogen-bond donors (Lipinski definition) is 2. The number of rotatable bonds is 5. The Morgan fingerprint density at radius 1 is 0.958 bits per heavy atom. The monoisotopic (exact) mass is 338 g/mol. The maximum Gasteiger partial charge on any atom is 0.115 e. The second kappa shape index (κ2) is 6.98. The molecule has 0 aromatic heterocycles. The maximum absolute atomic E-state index is 9.58. The summed E-state index contributed by atoms with van der Waals surface area (Å²) in [5, 5.41) is 19.2. The first-order valence-corrected chi connectivity index (χ1v) is 8.38. The number of phenolic OH excluding ortho intramolecular Hbond substituents is 2. The Labute approximate surface area is 147 Å². The van der Waals surface area contributed by atoms with Crippen LogP contribution in [0.15, 0.2) is 77.9 Å². The van der Waals surface area contributed by atoms with Gasteiger partial charge >= 0.3 is 0 Å². The van der Waals surface area contributed by atoms with E-state index in [0.29, 0.717) is 5.88 Å². The summed E-state index contributed by atoms with van der Waals surface area (Å²) in [6.45, 7) is 4.00. The molecule has 0 saturated heterocycles. The van der Waals surface area contributed by atoms with E-state index in [4.69, 9.17) is 11.6 Å². The van der Waals surface area contributed by atoms with Crippen LogP contribution >= 0.6 is 11.6 Å². The smallest absolute Gasteiger partial charge is 0.115 e. The quantitative estimate of drug-likeness (QED) is 0.715. The van der Waals surface area contributed by atoms with Crippen molar-refractivity contribution in [3.05, 3.63) is 89.0 Å². The average Bonchev–Trinajstić information content (AvgIpc) is 3.26. The van der Waals surface area contributed by atoms with Gasteiger partial charge in [-0.1, -0.05) is 36.9 Å². The van der Waals surface area contributed by atoms with Crippen molar-refractivity contribution in [1.29, 1.82) is 0 Å². The SMILES string of the molecule is C=C1C/C1=C/C(CCCl)=C(c1ccc(O)cc1)c1ccc(O)cc1. The van der Waals surface area contributed by atoms with Crippen LogP contribution in [0.25, 0.3) is 5.57 Å². The van der Waals surface area contributed by atoms with Crippen molar-refractivity contribution in [2.24, 2.45) is 0 Å². The lowest BCUT2D eigenvalue weighted by Crippen LogP contribution is -1.95. The lowest BCUT2D eigenvalue weighted by molar-refractivity contribution is 0.475. The Morgan fingerprint density at radius 3 is 1.79 bits per heavy atom. The lowest BCUT2D eigenvalue weighted by atomic mass is 9.91. The number of alkyl halides is 1. The van der Waals surface area contributed by atoms with Crippen LogP contribution < -0.4 is 0 Å². The van der Waals surface area contributed by atoms with Crippen LogP contribution in [0.3, 0.4) is 0 Å². The normalized spacial score (nSPS) is 14.7. The third-order valence-corrected chi connectivity index (χ3v) is 4.27. The number of hydrogen-bond acceptors (Lipinski definition) is 2. The lowest BCUT2D eigenvalue weighted by Gasteiger charge is -2.14. The minimum Gasteiger partial charge on any atom is -0.508 e. The van der Waals surface area contributed by atoms with Crippen molar-refractivity contribution in [2.45, 2.75) is 12.8 Å². The molecule has 0 aliphatic heterocycles. The van der Waals surface area contributed by atoms with Crippen molar-refractivity contribution in [3.8, 4) is 11.5 Å². The molecule has 1 saturated carbocycles. The molecular formula is C21H19ClO2. The zero-order valence-electron chi connectivity index (χ0n) is 13.3. The van der Waals surface area contributed by atoms with E-state index in [1.807, 2.05) is 24.3 Å². The summed E-state index contributed by atoms with van der Waals surface area (Å²) >= 11 is 6.04. The first-order valence-electron chi connectivity index (χ1n) is 7.85. The molecule has 1 aliphatic carbocycles. The second-order valence-corrected chi connectivity index (χ2v) is 6.26. The van der Waals surface area contributed by atoms with E-state index in [0.717, 1.165) is 40.7 Å². The fourth-order valence-corrected chi connectivity index (χ4v) is 2.92. The molecule has 122 valence electrons. The van der Waals surface area contributed by atoms with Crippen LogP contribution in [0.1, 0.15) is 24.0 Å². The summed E-state index contributed by atoms with van der Waals surface area (Å²) in [6, 6.07) is 14.3. The largest absolute Gasteiger partial charge is 0.508 e. The van der Waals surface area contributed by atoms with Gasteiger partial charge in [-0.2, -0.15) is 0 Å². The molecule has 24 heavy (non-hydrogen) atoms. The second-order valence-electron chi connectivity index (χ2n) is 5.88. The molecule has 3 heteroatoms. The van der Waals surface area contributed by atoms with Crippen LogP contribution in [-0.2, 0) is 0 Å². The third-order valence-electron chi connectivity index (χ3n) is 4.08. The van der Waals surface area contributed by atoms with E-state index in [-0.39, 0.29) is 11.5 Å². The molecule has 1 fully saturated rings. The molecule has 0 unspecified atom stereocenters. The highest BCUT2D eigenvalue weighted by atomic mass is 35.5. The molecular weight excluding hydrogens is 320 g/mol. The number of aromatic hydroxyl groups is 2. The molecule has 2 aromatic carbocycles. The van der Waals surface area contributed by atoms with E-state index < -0.39 is 0 Å². The minimum absolute atomic E-state index is 0.233. The van der Waals surface area contributed by atoms with Crippen LogP contribution in [0.4, 0.5) is 0 Å². The van der Waals surface area contributed by atoms with E-state index in [9.17, 15) is 10.2 Å². The third kappa shape index (κ3) is 3.72. The Morgan fingerprint density at radius 2 is 1.42 bits per heavy atom. The van der Waals surface area contributed by atoms with Crippen molar-refractivity contribution in [2.75, 3.05) is 5.88 Å². The van der Waals surface area contributed by atoms with Gasteiger partial charge in [-0.3, -0.25) is 0 Å². The summed E-state index contributed by atoms with van der Waals surface area (Å²) < 4.78 is 0.